The van der Waals surface area contributed by atoms with Crippen molar-refractivity contribution in [2.45, 2.75) is 26.1 Å². The Morgan fingerprint density at radius 2 is 1.97 bits per heavy atom. The van der Waals surface area contributed by atoms with Crippen LogP contribution in [0.4, 0.5) is 5.00 Å². The molecule has 0 saturated carbocycles. The van der Waals surface area contributed by atoms with Crippen molar-refractivity contribution in [3.8, 4) is 11.5 Å². The van der Waals surface area contributed by atoms with Crippen molar-refractivity contribution >= 4 is 28.2 Å². The van der Waals surface area contributed by atoms with Crippen LogP contribution >= 0.6 is 11.3 Å². The van der Waals surface area contributed by atoms with Crippen LogP contribution in [0.3, 0.4) is 0 Å². The second kappa shape index (κ2) is 8.88. The van der Waals surface area contributed by atoms with Crippen LogP contribution in [-0.4, -0.2) is 37.0 Å². The first kappa shape index (κ1) is 21.5. The monoisotopic (exact) mass is 463 g/mol. The minimum Gasteiger partial charge on any atom is -0.493 e. The van der Waals surface area contributed by atoms with Crippen molar-refractivity contribution in [3.05, 3.63) is 75.7 Å². The van der Waals surface area contributed by atoms with Crippen LogP contribution in [0, 0.1) is 0 Å². The molecule has 3 aromatic rings. The number of rotatable bonds is 5. The van der Waals surface area contributed by atoms with Crippen LogP contribution in [0.25, 0.3) is 0 Å². The minimum absolute atomic E-state index is 0.0604. The molecule has 5 rings (SSSR count). The van der Waals surface area contributed by atoms with Gasteiger partial charge in [0.25, 0.3) is 5.91 Å². The van der Waals surface area contributed by atoms with Crippen LogP contribution in [0.1, 0.15) is 49.8 Å². The van der Waals surface area contributed by atoms with Crippen LogP contribution in [-0.2, 0) is 13.0 Å². The number of esters is 1. The number of ether oxygens (including phenoxy) is 2. The van der Waals surface area contributed by atoms with Crippen LogP contribution in [0.5, 0.6) is 11.5 Å². The van der Waals surface area contributed by atoms with Crippen molar-refractivity contribution in [2.75, 3.05) is 25.5 Å². The average molecular weight is 464 g/mol. The number of carbonyl (C=O) groups excluding carboxylic acids is 2. The van der Waals surface area contributed by atoms with Gasteiger partial charge in [-0.1, -0.05) is 31.2 Å². The third-order valence-electron chi connectivity index (χ3n) is 6.09. The fourth-order valence-electron chi connectivity index (χ4n) is 4.29. The second-order valence-electron chi connectivity index (χ2n) is 8.04. The Bertz CT molecular complexity index is 1210. The highest BCUT2D eigenvalue weighted by atomic mass is 32.1. The normalized spacial score (nSPS) is 17.4. The lowest BCUT2D eigenvalue weighted by Gasteiger charge is -2.28. The zero-order valence-electron chi connectivity index (χ0n) is 18.5. The summed E-state index contributed by atoms with van der Waals surface area (Å²) in [4.78, 5) is 29.1. The molecule has 1 aromatic heterocycles. The highest BCUT2D eigenvalue weighted by molar-refractivity contribution is 7.16. The van der Waals surface area contributed by atoms with E-state index in [1.54, 1.807) is 47.7 Å². The van der Waals surface area contributed by atoms with Gasteiger partial charge in [-0.05, 0) is 48.4 Å². The van der Waals surface area contributed by atoms with Gasteiger partial charge >= 0.3 is 5.97 Å². The van der Waals surface area contributed by atoms with Gasteiger partial charge in [-0.15, -0.1) is 11.3 Å². The number of hydrogen-bond acceptors (Lipinski definition) is 7. The van der Waals surface area contributed by atoms with Crippen molar-refractivity contribution in [1.82, 2.24) is 10.2 Å². The fraction of sp³-hybridized carbons (Fsp3) is 0.280. The Hall–Kier alpha value is -3.36. The number of hydrogen-bond donors (Lipinski definition) is 2. The SMILES string of the molecule is CCN1CCc2c(sc3c2C(=O)N[C@H](c2ccc(OC(=O)c4ccccc4)c(OC)c2)N3)C1. The molecular formula is C25H25N3O4S. The molecule has 2 aliphatic heterocycles. The van der Waals surface area contributed by atoms with E-state index in [0.29, 0.717) is 17.1 Å². The first-order valence-corrected chi connectivity index (χ1v) is 11.8. The Kier molecular flexibility index (Phi) is 5.78. The van der Waals surface area contributed by atoms with Crippen molar-refractivity contribution in [2.24, 2.45) is 0 Å². The number of likely N-dealkylation sites (N-methyl/N-ethyl adjacent to an activating group) is 1. The van der Waals surface area contributed by atoms with E-state index in [2.05, 4.69) is 22.5 Å². The number of nitrogens with one attached hydrogen (secondary N) is 2. The molecule has 170 valence electrons. The number of methoxy groups -OCH3 is 1. The van der Waals surface area contributed by atoms with Gasteiger partial charge in [-0.25, -0.2) is 4.79 Å². The number of amides is 1. The molecule has 0 spiro atoms. The van der Waals surface area contributed by atoms with E-state index < -0.39 is 12.1 Å². The molecule has 0 saturated heterocycles. The lowest BCUT2D eigenvalue weighted by molar-refractivity contribution is 0.0729. The standard InChI is InChI=1S/C25H25N3O4S/c1-3-28-12-11-17-20(14-28)33-24-21(17)23(29)26-22(27-24)16-9-10-18(19(13-16)31-2)32-25(30)15-7-5-4-6-8-15/h4-10,13,22,27H,3,11-12,14H2,1-2H3,(H,26,29)/t22-/m0/s1. The molecular weight excluding hydrogens is 438 g/mol. The van der Waals surface area contributed by atoms with Gasteiger partial charge in [-0.3, -0.25) is 9.69 Å². The largest absolute Gasteiger partial charge is 0.493 e. The maximum absolute atomic E-state index is 13.0. The Balaban J connectivity index is 1.38. The van der Waals surface area contributed by atoms with Crippen molar-refractivity contribution in [3.63, 3.8) is 0 Å². The van der Waals surface area contributed by atoms with Gasteiger partial charge in [0.1, 0.15) is 11.2 Å². The predicted molar refractivity (Wildman–Crippen MR) is 127 cm³/mol. The van der Waals surface area contributed by atoms with Gasteiger partial charge in [-0.2, -0.15) is 0 Å². The fourth-order valence-corrected chi connectivity index (χ4v) is 5.60. The number of thiophene rings is 1. The zero-order chi connectivity index (χ0) is 22.9. The second-order valence-corrected chi connectivity index (χ2v) is 9.15. The Labute approximate surface area is 196 Å². The first-order valence-electron chi connectivity index (χ1n) is 11.0. The van der Waals surface area contributed by atoms with E-state index in [0.717, 1.165) is 42.2 Å². The van der Waals surface area contributed by atoms with Crippen molar-refractivity contribution in [1.29, 1.82) is 0 Å². The summed E-state index contributed by atoms with van der Waals surface area (Å²) in [6, 6.07) is 14.1. The maximum Gasteiger partial charge on any atom is 0.343 e. The van der Waals surface area contributed by atoms with Gasteiger partial charge in [0, 0.05) is 18.0 Å². The molecule has 0 aliphatic carbocycles. The minimum atomic E-state index is -0.458. The smallest absolute Gasteiger partial charge is 0.343 e. The Morgan fingerprint density at radius 1 is 1.15 bits per heavy atom. The van der Waals surface area contributed by atoms with Crippen LogP contribution < -0.4 is 20.1 Å². The molecule has 1 atom stereocenters. The molecule has 0 fully saturated rings. The molecule has 33 heavy (non-hydrogen) atoms. The van der Waals surface area contributed by atoms with E-state index >= 15 is 0 Å². The van der Waals surface area contributed by atoms with Crippen LogP contribution in [0.15, 0.2) is 48.5 Å². The van der Waals surface area contributed by atoms with E-state index in [-0.39, 0.29) is 5.91 Å². The summed E-state index contributed by atoms with van der Waals surface area (Å²) >= 11 is 1.66. The van der Waals surface area contributed by atoms with Crippen LogP contribution in [0.2, 0.25) is 0 Å². The lowest BCUT2D eigenvalue weighted by atomic mass is 10.0. The molecule has 3 heterocycles. The summed E-state index contributed by atoms with van der Waals surface area (Å²) in [7, 11) is 1.52. The summed E-state index contributed by atoms with van der Waals surface area (Å²) in [6.45, 7) is 5.03. The molecule has 2 aromatic carbocycles. The van der Waals surface area contributed by atoms with E-state index in [1.807, 2.05) is 12.1 Å². The van der Waals surface area contributed by atoms with Crippen molar-refractivity contribution < 1.29 is 19.1 Å². The molecule has 1 amide bonds. The molecule has 0 unspecified atom stereocenters. The summed E-state index contributed by atoms with van der Waals surface area (Å²) in [6.07, 6.45) is 0.490. The average Bonchev–Trinajstić information content (AvgIpc) is 3.22. The lowest BCUT2D eigenvalue weighted by Crippen LogP contribution is -2.38. The molecule has 2 N–H and O–H groups in total. The summed E-state index contributed by atoms with van der Waals surface area (Å²) in [5.41, 5.74) is 3.22. The zero-order valence-corrected chi connectivity index (χ0v) is 19.3. The summed E-state index contributed by atoms with van der Waals surface area (Å²) < 4.78 is 11.0. The Morgan fingerprint density at radius 3 is 2.73 bits per heavy atom. The molecule has 0 bridgehead atoms. The highest BCUT2D eigenvalue weighted by Crippen LogP contribution is 2.41. The summed E-state index contributed by atoms with van der Waals surface area (Å²) in [5.74, 6) is 0.224. The quantitative estimate of drug-likeness (QED) is 0.436. The third-order valence-corrected chi connectivity index (χ3v) is 7.24. The maximum atomic E-state index is 13.0. The first-order chi connectivity index (χ1) is 16.1. The van der Waals surface area contributed by atoms with Gasteiger partial charge < -0.3 is 20.1 Å². The number of benzene rings is 2. The van der Waals surface area contributed by atoms with Gasteiger partial charge in [0.05, 0.1) is 18.2 Å². The molecule has 0 radical (unpaired) electrons. The molecule has 7 nitrogen and oxygen atoms in total. The highest BCUT2D eigenvalue weighted by Gasteiger charge is 2.33. The molecule has 8 heteroatoms. The van der Waals surface area contributed by atoms with E-state index in [4.69, 9.17) is 9.47 Å². The van der Waals surface area contributed by atoms with E-state index in [1.165, 1.54) is 17.6 Å². The van der Waals surface area contributed by atoms with E-state index in [9.17, 15) is 9.59 Å². The number of nitrogens with zero attached hydrogens (tertiary/aromatic N) is 1. The number of fused-ring (bicyclic) bond motifs is 3. The number of carbonyl (C=O) groups is 2. The van der Waals surface area contributed by atoms with Gasteiger partial charge in [0.15, 0.2) is 11.5 Å². The number of anilines is 1. The third kappa shape index (κ3) is 4.07. The summed E-state index contributed by atoms with van der Waals surface area (Å²) in [5, 5.41) is 7.45. The predicted octanol–water partition coefficient (Wildman–Crippen LogP) is 4.21. The molecule has 2 aliphatic rings. The van der Waals surface area contributed by atoms with Gasteiger partial charge in [0.2, 0.25) is 0 Å². The topological polar surface area (TPSA) is 79.9 Å².